The van der Waals surface area contributed by atoms with Crippen LogP contribution in [0.5, 0.6) is 0 Å². The van der Waals surface area contributed by atoms with Gasteiger partial charge in [0.1, 0.15) is 17.8 Å². The molecule has 0 saturated carbocycles. The van der Waals surface area contributed by atoms with E-state index in [1.54, 1.807) is 30.1 Å². The molecular weight excluding hydrogens is 558 g/mol. The van der Waals surface area contributed by atoms with E-state index in [1.165, 1.54) is 11.3 Å². The van der Waals surface area contributed by atoms with Crippen molar-refractivity contribution in [2.75, 3.05) is 50.1 Å². The molecule has 1 aliphatic heterocycles. The van der Waals surface area contributed by atoms with Crippen LogP contribution >= 0.6 is 11.3 Å². The van der Waals surface area contributed by atoms with Crippen LogP contribution in [0.1, 0.15) is 11.3 Å². The van der Waals surface area contributed by atoms with Crippen molar-refractivity contribution < 1.29 is 24.0 Å². The van der Waals surface area contributed by atoms with Crippen LogP contribution in [0.3, 0.4) is 0 Å². The molecule has 216 valence electrons. The first-order valence-corrected chi connectivity index (χ1v) is 14.4. The Hall–Kier alpha value is -4.59. The Morgan fingerprint density at radius 1 is 1.19 bits per heavy atom. The summed E-state index contributed by atoms with van der Waals surface area (Å²) >= 11 is 1.38. The van der Waals surface area contributed by atoms with Crippen LogP contribution in [-0.2, 0) is 16.1 Å². The maximum Gasteiger partial charge on any atom is 0.229 e. The molecular formula is C29H29N7O5S. The molecule has 6 rings (SSSR count). The number of ether oxygens (including phenoxy) is 1. The van der Waals surface area contributed by atoms with Gasteiger partial charge in [-0.05, 0) is 24.6 Å². The van der Waals surface area contributed by atoms with E-state index < -0.39 is 5.97 Å². The van der Waals surface area contributed by atoms with Crippen molar-refractivity contribution in [1.29, 1.82) is 0 Å². The maximum atomic E-state index is 12.8. The Kier molecular flexibility index (Phi) is 7.69. The number of hydrogen-bond donors (Lipinski definition) is 2. The Morgan fingerprint density at radius 3 is 2.74 bits per heavy atom. The normalized spacial score (nSPS) is 14.3. The SMILES string of the molecule is Cc1nn(-c2ccnc(Nc3ccc(-c4csc5c(=O)cc(N6CCOCC6)oc45)cc3)n2)cc1C[NH+](C)CC(=O)[O-]. The Labute approximate surface area is 244 Å². The number of nitrogens with zero attached hydrogens (tertiary/aromatic N) is 5. The van der Waals surface area contributed by atoms with E-state index in [-0.39, 0.29) is 12.0 Å². The minimum atomic E-state index is -1.09. The monoisotopic (exact) mass is 587 g/mol. The smallest absolute Gasteiger partial charge is 0.229 e. The molecule has 42 heavy (non-hydrogen) atoms. The van der Waals surface area contributed by atoms with Crippen LogP contribution in [0.2, 0.25) is 0 Å². The lowest BCUT2D eigenvalue weighted by molar-refractivity contribution is -0.888. The molecule has 5 heterocycles. The van der Waals surface area contributed by atoms with E-state index in [4.69, 9.17) is 9.15 Å². The number of morpholine rings is 1. The third-order valence-electron chi connectivity index (χ3n) is 7.02. The number of thiophene rings is 1. The number of aryl methyl sites for hydroxylation is 1. The zero-order chi connectivity index (χ0) is 29.2. The highest BCUT2D eigenvalue weighted by molar-refractivity contribution is 7.17. The van der Waals surface area contributed by atoms with Gasteiger partial charge in [0, 0.05) is 59.8 Å². The minimum Gasteiger partial charge on any atom is -0.544 e. The van der Waals surface area contributed by atoms with Gasteiger partial charge in [-0.15, -0.1) is 11.3 Å². The number of nitrogens with one attached hydrogen (secondary N) is 2. The number of aliphatic carboxylic acids is 1. The van der Waals surface area contributed by atoms with Gasteiger partial charge in [0.15, 0.2) is 17.3 Å². The zero-order valence-corrected chi connectivity index (χ0v) is 23.9. The van der Waals surface area contributed by atoms with Crippen molar-refractivity contribution in [1.82, 2.24) is 19.7 Å². The Balaban J connectivity index is 1.19. The molecule has 1 saturated heterocycles. The number of benzene rings is 1. The summed E-state index contributed by atoms with van der Waals surface area (Å²) in [7, 11) is 1.80. The summed E-state index contributed by atoms with van der Waals surface area (Å²) in [5.41, 5.74) is 4.84. The summed E-state index contributed by atoms with van der Waals surface area (Å²) in [4.78, 5) is 35.5. The van der Waals surface area contributed by atoms with E-state index in [2.05, 4.69) is 20.4 Å². The highest BCUT2D eigenvalue weighted by Crippen LogP contribution is 2.35. The van der Waals surface area contributed by atoms with Gasteiger partial charge < -0.3 is 34.2 Å². The number of anilines is 3. The molecule has 1 aromatic carbocycles. The second kappa shape index (κ2) is 11.7. The van der Waals surface area contributed by atoms with E-state index in [0.29, 0.717) is 60.8 Å². The molecule has 1 aliphatic rings. The van der Waals surface area contributed by atoms with E-state index in [9.17, 15) is 14.7 Å². The standard InChI is InChI=1S/C29H29N7O5S/c1-18-20(14-34(2)16-26(38)39)15-36(33-18)24-7-8-30-29(32-24)31-21-5-3-19(4-6-21)22-17-42-28-23(37)13-25(41-27(22)28)35-9-11-40-12-10-35/h3-8,13,15,17H,9-12,14,16H2,1-2H3,(H,38,39)(H,30,31,32). The number of carboxylic acid groups (broad SMARTS) is 1. The van der Waals surface area contributed by atoms with Crippen LogP contribution in [-0.4, -0.2) is 65.6 Å². The molecule has 4 aromatic heterocycles. The fourth-order valence-corrected chi connectivity index (χ4v) is 5.80. The van der Waals surface area contributed by atoms with E-state index >= 15 is 0 Å². The molecule has 5 aromatic rings. The van der Waals surface area contributed by atoms with Crippen molar-refractivity contribution in [3.05, 3.63) is 75.7 Å². The maximum absolute atomic E-state index is 12.8. The molecule has 12 nitrogen and oxygen atoms in total. The number of carbonyl (C=O) groups is 1. The van der Waals surface area contributed by atoms with Crippen LogP contribution < -0.4 is 25.7 Å². The molecule has 13 heteroatoms. The van der Waals surface area contributed by atoms with E-state index in [1.807, 2.05) is 47.7 Å². The minimum absolute atomic E-state index is 0.0466. The summed E-state index contributed by atoms with van der Waals surface area (Å²) in [5.74, 6) is 0.449. The second-order valence-corrected chi connectivity index (χ2v) is 11.0. The second-order valence-electron chi connectivity index (χ2n) is 10.2. The van der Waals surface area contributed by atoms with Crippen LogP contribution in [0.25, 0.3) is 27.2 Å². The van der Waals surface area contributed by atoms with Crippen molar-refractivity contribution >= 4 is 45.1 Å². The third-order valence-corrected chi connectivity index (χ3v) is 8.00. The number of aromatic nitrogens is 4. The van der Waals surface area contributed by atoms with Gasteiger partial charge in [-0.25, -0.2) is 9.67 Å². The summed E-state index contributed by atoms with van der Waals surface area (Å²) in [6.45, 7) is 4.87. The van der Waals surface area contributed by atoms with E-state index in [0.717, 1.165) is 33.0 Å². The first kappa shape index (κ1) is 27.6. The van der Waals surface area contributed by atoms with Crippen molar-refractivity contribution in [2.45, 2.75) is 13.5 Å². The number of carbonyl (C=O) groups excluding carboxylic acids is 1. The van der Waals surface area contributed by atoms with Crippen LogP contribution in [0.4, 0.5) is 17.5 Å². The number of likely N-dealkylation sites (N-methyl/N-ethyl adjacent to an activating group) is 1. The van der Waals surface area contributed by atoms with Crippen molar-refractivity contribution in [3.8, 4) is 16.9 Å². The number of fused-ring (bicyclic) bond motifs is 1. The highest BCUT2D eigenvalue weighted by atomic mass is 32.1. The average molecular weight is 588 g/mol. The predicted molar refractivity (Wildman–Crippen MR) is 156 cm³/mol. The largest absolute Gasteiger partial charge is 0.544 e. The first-order valence-electron chi connectivity index (χ1n) is 13.5. The molecule has 2 N–H and O–H groups in total. The van der Waals surface area contributed by atoms with Gasteiger partial charge in [0.05, 0.1) is 31.9 Å². The average Bonchev–Trinajstić information content (AvgIpc) is 3.57. The fraction of sp³-hybridized carbons (Fsp3) is 0.276. The predicted octanol–water partition coefficient (Wildman–Crippen LogP) is 1.15. The van der Waals surface area contributed by atoms with Crippen molar-refractivity contribution in [3.63, 3.8) is 0 Å². The molecule has 0 aliphatic carbocycles. The van der Waals surface area contributed by atoms with Gasteiger partial charge in [-0.1, -0.05) is 12.1 Å². The summed E-state index contributed by atoms with van der Waals surface area (Å²) in [5, 5.41) is 20.6. The highest BCUT2D eigenvalue weighted by Gasteiger charge is 2.19. The first-order chi connectivity index (χ1) is 20.3. The Morgan fingerprint density at radius 2 is 1.98 bits per heavy atom. The van der Waals surface area contributed by atoms with Gasteiger partial charge in [0.25, 0.3) is 0 Å². The zero-order valence-electron chi connectivity index (χ0n) is 23.1. The lowest BCUT2D eigenvalue weighted by Crippen LogP contribution is -3.09. The topological polar surface area (TPSA) is 143 Å². The Bertz CT molecular complexity index is 1790. The van der Waals surface area contributed by atoms with Gasteiger partial charge in [-0.3, -0.25) is 4.79 Å². The van der Waals surface area contributed by atoms with Gasteiger partial charge in [0.2, 0.25) is 11.4 Å². The van der Waals surface area contributed by atoms with Crippen LogP contribution in [0.15, 0.2) is 63.4 Å². The van der Waals surface area contributed by atoms with Crippen LogP contribution in [0, 0.1) is 6.92 Å². The molecule has 1 unspecified atom stereocenters. The summed E-state index contributed by atoms with van der Waals surface area (Å²) in [6, 6.07) is 11.1. The van der Waals surface area contributed by atoms with Crippen molar-refractivity contribution in [2.24, 2.45) is 0 Å². The number of quaternary nitrogens is 1. The molecule has 0 radical (unpaired) electrons. The lowest BCUT2D eigenvalue weighted by Gasteiger charge is -2.27. The molecule has 1 atom stereocenters. The van der Waals surface area contributed by atoms with Gasteiger partial charge in [-0.2, -0.15) is 10.1 Å². The molecule has 0 bridgehead atoms. The summed E-state index contributed by atoms with van der Waals surface area (Å²) in [6.07, 6.45) is 3.50. The molecule has 0 amide bonds. The number of hydrogen-bond acceptors (Lipinski definition) is 11. The lowest BCUT2D eigenvalue weighted by atomic mass is 10.1. The third kappa shape index (κ3) is 5.88. The molecule has 1 fully saturated rings. The van der Waals surface area contributed by atoms with Gasteiger partial charge >= 0.3 is 0 Å². The fourth-order valence-electron chi connectivity index (χ4n) is 4.89. The quantitative estimate of drug-likeness (QED) is 0.258. The molecule has 0 spiro atoms. The number of rotatable bonds is 9. The number of carboxylic acids is 1. The summed E-state index contributed by atoms with van der Waals surface area (Å²) < 4.78 is 13.9.